The molecule has 0 N–H and O–H groups in total. The Morgan fingerprint density at radius 2 is 0.800 bits per heavy atom. The van der Waals surface area contributed by atoms with Crippen molar-refractivity contribution in [2.45, 2.75) is 0 Å². The number of benzene rings is 10. The highest BCUT2D eigenvalue weighted by Gasteiger charge is 2.20. The number of hydrogen-bond acceptors (Lipinski definition) is 5. The first-order chi connectivity index (χ1) is 29.7. The highest BCUT2D eigenvalue weighted by atomic mass is 16.3. The fourth-order valence-electron chi connectivity index (χ4n) is 9.34. The summed E-state index contributed by atoms with van der Waals surface area (Å²) >= 11 is 0. The molecule has 0 atom stereocenters. The summed E-state index contributed by atoms with van der Waals surface area (Å²) in [5, 5.41) is 13.5. The minimum Gasteiger partial charge on any atom is -0.456 e. The van der Waals surface area contributed by atoms with E-state index in [0.717, 1.165) is 98.6 Å². The van der Waals surface area contributed by atoms with Gasteiger partial charge >= 0.3 is 0 Å². The number of rotatable bonds is 4. The van der Waals surface area contributed by atoms with Gasteiger partial charge < -0.3 is 8.83 Å². The lowest BCUT2D eigenvalue weighted by Crippen LogP contribution is -2.01. The largest absolute Gasteiger partial charge is 0.456 e. The summed E-state index contributed by atoms with van der Waals surface area (Å²) in [5.41, 5.74) is 8.36. The second-order valence-corrected chi connectivity index (χ2v) is 15.5. The van der Waals surface area contributed by atoms with E-state index in [-0.39, 0.29) is 0 Å². The molecule has 0 saturated heterocycles. The molecule has 60 heavy (non-hydrogen) atoms. The summed E-state index contributed by atoms with van der Waals surface area (Å²) < 4.78 is 12.7. The first-order valence-electron chi connectivity index (χ1n) is 20.2. The van der Waals surface area contributed by atoms with Crippen LogP contribution < -0.4 is 0 Å². The van der Waals surface area contributed by atoms with Gasteiger partial charge in [0.2, 0.25) is 0 Å². The van der Waals surface area contributed by atoms with E-state index in [1.807, 2.05) is 30.3 Å². The van der Waals surface area contributed by atoms with Crippen molar-refractivity contribution in [3.63, 3.8) is 0 Å². The molecule has 0 radical (unpaired) electrons. The molecule has 0 fully saturated rings. The van der Waals surface area contributed by atoms with Gasteiger partial charge in [0.1, 0.15) is 22.3 Å². The highest BCUT2D eigenvalue weighted by Crippen LogP contribution is 2.42. The van der Waals surface area contributed by atoms with Gasteiger partial charge in [0.15, 0.2) is 17.5 Å². The van der Waals surface area contributed by atoms with Crippen LogP contribution in [-0.2, 0) is 0 Å². The molecule has 5 heteroatoms. The lowest BCUT2D eigenvalue weighted by atomic mass is 9.92. The van der Waals surface area contributed by atoms with Crippen molar-refractivity contribution >= 4 is 87.0 Å². The number of fused-ring (bicyclic) bond motifs is 12. The van der Waals surface area contributed by atoms with Crippen LogP contribution in [0.15, 0.2) is 197 Å². The summed E-state index contributed by atoms with van der Waals surface area (Å²) in [4.78, 5) is 16.0. The molecule has 0 aliphatic rings. The predicted octanol–water partition coefficient (Wildman–Crippen LogP) is 15.0. The number of furan rings is 2. The molecular weight excluding hydrogens is 735 g/mol. The zero-order valence-corrected chi connectivity index (χ0v) is 32.1. The highest BCUT2D eigenvalue weighted by molar-refractivity contribution is 6.21. The third-order valence-electron chi connectivity index (χ3n) is 12.1. The third-order valence-corrected chi connectivity index (χ3v) is 12.1. The maximum Gasteiger partial charge on any atom is 0.164 e. The van der Waals surface area contributed by atoms with Crippen molar-refractivity contribution in [2.24, 2.45) is 0 Å². The third kappa shape index (κ3) is 4.96. The van der Waals surface area contributed by atoms with E-state index < -0.39 is 0 Å². The van der Waals surface area contributed by atoms with Crippen LogP contribution in [0.1, 0.15) is 0 Å². The quantitative estimate of drug-likeness (QED) is 0.167. The van der Waals surface area contributed by atoms with E-state index in [1.54, 1.807) is 0 Å². The Morgan fingerprint density at radius 1 is 0.267 bits per heavy atom. The van der Waals surface area contributed by atoms with Crippen LogP contribution in [0.4, 0.5) is 0 Å². The van der Waals surface area contributed by atoms with Crippen molar-refractivity contribution in [1.82, 2.24) is 15.0 Å². The van der Waals surface area contributed by atoms with E-state index in [1.165, 1.54) is 16.2 Å². The standard InChI is InChI=1S/C55H31N3O2/c1-3-13-37-32(11-1)23-24-34-29-35(25-26-39(34)37)53-56-54(58-55(57-53)43-19-9-17-41-40(43)27-28-50-51(41)44-15-5-8-21-48(44)60-50)36-30-33-12-2-4-14-38(33)46(31-36)42-18-10-22-49-52(42)45-16-6-7-20-47(45)59-49/h1-31H. The molecule has 0 bridgehead atoms. The molecule has 3 aromatic heterocycles. The average Bonchev–Trinajstić information content (AvgIpc) is 3.90. The van der Waals surface area contributed by atoms with Gasteiger partial charge in [-0.2, -0.15) is 0 Å². The fourth-order valence-corrected chi connectivity index (χ4v) is 9.34. The molecular formula is C55H31N3O2. The second kappa shape index (κ2) is 12.7. The normalized spacial score (nSPS) is 12.0. The molecule has 3 heterocycles. The van der Waals surface area contributed by atoms with E-state index >= 15 is 0 Å². The van der Waals surface area contributed by atoms with Crippen LogP contribution in [0.5, 0.6) is 0 Å². The van der Waals surface area contributed by atoms with Gasteiger partial charge in [-0.1, -0.05) is 140 Å². The van der Waals surface area contributed by atoms with Gasteiger partial charge in [-0.25, -0.2) is 15.0 Å². The minimum atomic E-state index is 0.594. The van der Waals surface area contributed by atoms with Gasteiger partial charge in [0.25, 0.3) is 0 Å². The van der Waals surface area contributed by atoms with E-state index in [4.69, 9.17) is 23.8 Å². The minimum absolute atomic E-state index is 0.594. The van der Waals surface area contributed by atoms with E-state index in [2.05, 4.69) is 158 Å². The monoisotopic (exact) mass is 765 g/mol. The Labute approximate surface area is 342 Å². The molecule has 0 amide bonds. The molecule has 13 aromatic rings. The molecule has 10 aromatic carbocycles. The molecule has 0 saturated carbocycles. The van der Waals surface area contributed by atoms with E-state index in [0.29, 0.717) is 17.5 Å². The van der Waals surface area contributed by atoms with Crippen molar-refractivity contribution in [3.05, 3.63) is 188 Å². The number of nitrogens with zero attached hydrogens (tertiary/aromatic N) is 3. The molecule has 0 aliphatic carbocycles. The summed E-state index contributed by atoms with van der Waals surface area (Å²) in [6, 6.07) is 65.7. The molecule has 5 nitrogen and oxygen atoms in total. The van der Waals surface area contributed by atoms with Crippen molar-refractivity contribution in [3.8, 4) is 45.3 Å². The predicted molar refractivity (Wildman–Crippen MR) is 246 cm³/mol. The molecule has 0 spiro atoms. The molecule has 0 unspecified atom stereocenters. The van der Waals surface area contributed by atoms with Gasteiger partial charge in [0, 0.05) is 38.2 Å². The van der Waals surface area contributed by atoms with Gasteiger partial charge in [-0.15, -0.1) is 0 Å². The second-order valence-electron chi connectivity index (χ2n) is 15.5. The number of para-hydroxylation sites is 2. The van der Waals surface area contributed by atoms with E-state index in [9.17, 15) is 0 Å². The van der Waals surface area contributed by atoms with Crippen molar-refractivity contribution in [2.75, 3.05) is 0 Å². The molecule has 13 rings (SSSR count). The lowest BCUT2D eigenvalue weighted by molar-refractivity contribution is 0.668. The Kier molecular flexibility index (Phi) is 6.95. The topological polar surface area (TPSA) is 65.0 Å². The number of aromatic nitrogens is 3. The number of hydrogen-bond donors (Lipinski definition) is 0. The van der Waals surface area contributed by atoms with Crippen LogP contribution in [0, 0.1) is 0 Å². The van der Waals surface area contributed by atoms with Gasteiger partial charge in [0.05, 0.1) is 0 Å². The first kappa shape index (κ1) is 32.9. The zero-order valence-electron chi connectivity index (χ0n) is 32.1. The molecule has 278 valence electrons. The maximum absolute atomic E-state index is 6.37. The SMILES string of the molecule is c1ccc2c(-c3cccc4oc5ccccc5c34)cc(-c3nc(-c4ccc5c(ccc6ccccc65)c4)nc(-c4cccc5c4ccc4oc6ccccc6c45)n3)cc2c1. The lowest BCUT2D eigenvalue weighted by Gasteiger charge is -2.14. The van der Waals surface area contributed by atoms with Gasteiger partial charge in [-0.05, 0) is 103 Å². The smallest absolute Gasteiger partial charge is 0.164 e. The van der Waals surface area contributed by atoms with Crippen LogP contribution >= 0.6 is 0 Å². The Hall–Kier alpha value is -8.15. The van der Waals surface area contributed by atoms with Crippen molar-refractivity contribution < 1.29 is 8.83 Å². The molecule has 0 aliphatic heterocycles. The van der Waals surface area contributed by atoms with Crippen LogP contribution in [-0.4, -0.2) is 15.0 Å². The van der Waals surface area contributed by atoms with Crippen LogP contribution in [0.2, 0.25) is 0 Å². The fraction of sp³-hybridized carbons (Fsp3) is 0. The summed E-state index contributed by atoms with van der Waals surface area (Å²) in [5.74, 6) is 1.80. The Balaban J connectivity index is 1.08. The zero-order chi connectivity index (χ0) is 39.3. The summed E-state index contributed by atoms with van der Waals surface area (Å²) in [6.07, 6.45) is 0. The van der Waals surface area contributed by atoms with Crippen LogP contribution in [0.3, 0.4) is 0 Å². The van der Waals surface area contributed by atoms with Crippen LogP contribution in [0.25, 0.3) is 132 Å². The average molecular weight is 766 g/mol. The van der Waals surface area contributed by atoms with Gasteiger partial charge in [-0.3, -0.25) is 0 Å². The van der Waals surface area contributed by atoms with Crippen molar-refractivity contribution in [1.29, 1.82) is 0 Å². The Morgan fingerprint density at radius 3 is 1.63 bits per heavy atom. The Bertz CT molecular complexity index is 3910. The summed E-state index contributed by atoms with van der Waals surface area (Å²) in [6.45, 7) is 0. The summed E-state index contributed by atoms with van der Waals surface area (Å²) in [7, 11) is 0. The maximum atomic E-state index is 6.37. The first-order valence-corrected chi connectivity index (χ1v) is 20.2.